The molecule has 1 heterocycles. The molecule has 3 rings (SSSR count). The summed E-state index contributed by atoms with van der Waals surface area (Å²) in [5, 5.41) is 3.05. The van der Waals surface area contributed by atoms with Gasteiger partial charge in [-0.3, -0.25) is 4.79 Å². The van der Waals surface area contributed by atoms with Gasteiger partial charge in [0.1, 0.15) is 0 Å². The molecule has 2 aromatic carbocycles. The SMILES string of the molecule is Cc1cc(C)c(C(C)NC(=O)c2ccc(CS(=O)(=O)N3CCCC3)cc2)cc1C. The Balaban J connectivity index is 1.66. The molecule has 0 spiro atoms. The Labute approximate surface area is 174 Å². The molecule has 1 aliphatic heterocycles. The van der Waals surface area contributed by atoms with Gasteiger partial charge in [-0.1, -0.05) is 24.3 Å². The maximum absolute atomic E-state index is 12.7. The van der Waals surface area contributed by atoms with E-state index in [0.29, 0.717) is 24.2 Å². The number of hydrogen-bond donors (Lipinski definition) is 1. The van der Waals surface area contributed by atoms with Crippen molar-refractivity contribution in [2.45, 2.75) is 52.3 Å². The van der Waals surface area contributed by atoms with Gasteiger partial charge in [0, 0.05) is 18.7 Å². The molecule has 1 fully saturated rings. The van der Waals surface area contributed by atoms with Crippen molar-refractivity contribution in [3.8, 4) is 0 Å². The van der Waals surface area contributed by atoms with Gasteiger partial charge >= 0.3 is 0 Å². The van der Waals surface area contributed by atoms with E-state index in [1.165, 1.54) is 11.1 Å². The molecule has 156 valence electrons. The number of nitrogens with zero attached hydrogens (tertiary/aromatic N) is 1. The second-order valence-electron chi connectivity index (χ2n) is 8.05. The number of hydrogen-bond acceptors (Lipinski definition) is 3. The highest BCUT2D eigenvalue weighted by Crippen LogP contribution is 2.22. The number of carbonyl (C=O) groups excluding carboxylic acids is 1. The van der Waals surface area contributed by atoms with E-state index in [-0.39, 0.29) is 17.7 Å². The highest BCUT2D eigenvalue weighted by Gasteiger charge is 2.25. The Morgan fingerprint density at radius 2 is 1.59 bits per heavy atom. The third kappa shape index (κ3) is 5.06. The molecule has 1 aliphatic rings. The van der Waals surface area contributed by atoms with E-state index in [1.807, 2.05) is 6.92 Å². The minimum atomic E-state index is -3.28. The molecule has 1 atom stereocenters. The summed E-state index contributed by atoms with van der Waals surface area (Å²) < 4.78 is 26.5. The van der Waals surface area contributed by atoms with E-state index in [9.17, 15) is 13.2 Å². The number of sulfonamides is 1. The van der Waals surface area contributed by atoms with E-state index in [4.69, 9.17) is 0 Å². The van der Waals surface area contributed by atoms with E-state index >= 15 is 0 Å². The Hall–Kier alpha value is -2.18. The summed E-state index contributed by atoms with van der Waals surface area (Å²) in [5.41, 5.74) is 5.94. The average Bonchev–Trinajstić information content (AvgIpc) is 3.20. The van der Waals surface area contributed by atoms with Crippen LogP contribution in [0.25, 0.3) is 0 Å². The third-order valence-electron chi connectivity index (χ3n) is 5.72. The van der Waals surface area contributed by atoms with Crippen LogP contribution in [-0.4, -0.2) is 31.7 Å². The molecule has 0 radical (unpaired) electrons. The fourth-order valence-electron chi connectivity index (χ4n) is 3.83. The number of amides is 1. The van der Waals surface area contributed by atoms with Gasteiger partial charge in [0.05, 0.1) is 11.8 Å². The first-order valence-corrected chi connectivity index (χ1v) is 11.7. The lowest BCUT2D eigenvalue weighted by Gasteiger charge is -2.19. The van der Waals surface area contributed by atoms with E-state index < -0.39 is 10.0 Å². The van der Waals surface area contributed by atoms with Gasteiger partial charge in [0.25, 0.3) is 5.91 Å². The molecule has 0 saturated carbocycles. The van der Waals surface area contributed by atoms with Crippen LogP contribution in [0.4, 0.5) is 0 Å². The lowest BCUT2D eigenvalue weighted by atomic mass is 9.96. The molecule has 2 aromatic rings. The standard InChI is InChI=1S/C23H30N2O3S/c1-16-13-18(3)22(14-17(16)2)19(4)24-23(26)21-9-7-20(8-10-21)15-29(27,28)25-11-5-6-12-25/h7-10,13-14,19H,5-6,11-12,15H2,1-4H3,(H,24,26). The lowest BCUT2D eigenvalue weighted by molar-refractivity contribution is 0.0940. The first-order valence-electron chi connectivity index (χ1n) is 10.1. The van der Waals surface area contributed by atoms with Crippen LogP contribution in [-0.2, 0) is 15.8 Å². The zero-order valence-electron chi connectivity index (χ0n) is 17.7. The maximum Gasteiger partial charge on any atom is 0.251 e. The van der Waals surface area contributed by atoms with Gasteiger partial charge in [0.2, 0.25) is 10.0 Å². The monoisotopic (exact) mass is 414 g/mol. The van der Waals surface area contributed by atoms with Gasteiger partial charge in [-0.15, -0.1) is 0 Å². The van der Waals surface area contributed by atoms with E-state index in [0.717, 1.165) is 24.0 Å². The van der Waals surface area contributed by atoms with Crippen LogP contribution in [0.1, 0.15) is 64.0 Å². The predicted molar refractivity (Wildman–Crippen MR) is 116 cm³/mol. The Morgan fingerprint density at radius 1 is 1.00 bits per heavy atom. The fraction of sp³-hybridized carbons (Fsp3) is 0.435. The zero-order valence-corrected chi connectivity index (χ0v) is 18.5. The van der Waals surface area contributed by atoms with Crippen molar-refractivity contribution in [2.75, 3.05) is 13.1 Å². The van der Waals surface area contributed by atoms with Gasteiger partial charge in [-0.05, 0) is 80.5 Å². The van der Waals surface area contributed by atoms with Gasteiger partial charge < -0.3 is 5.32 Å². The largest absolute Gasteiger partial charge is 0.346 e. The minimum absolute atomic E-state index is 0.0207. The second-order valence-corrected chi connectivity index (χ2v) is 10.0. The lowest BCUT2D eigenvalue weighted by Crippen LogP contribution is -2.29. The van der Waals surface area contributed by atoms with Crippen LogP contribution in [0.2, 0.25) is 0 Å². The van der Waals surface area contributed by atoms with Gasteiger partial charge in [0.15, 0.2) is 0 Å². The Kier molecular flexibility index (Phi) is 6.44. The number of carbonyl (C=O) groups is 1. The van der Waals surface area contributed by atoms with Gasteiger partial charge in [-0.2, -0.15) is 0 Å². The predicted octanol–water partition coefficient (Wildman–Crippen LogP) is 4.03. The quantitative estimate of drug-likeness (QED) is 0.776. The minimum Gasteiger partial charge on any atom is -0.346 e. The molecule has 6 heteroatoms. The normalized spacial score (nSPS) is 16.0. The highest BCUT2D eigenvalue weighted by molar-refractivity contribution is 7.88. The second kappa shape index (κ2) is 8.67. The summed E-state index contributed by atoms with van der Waals surface area (Å²) >= 11 is 0. The molecule has 1 N–H and O–H groups in total. The molecule has 0 aliphatic carbocycles. The summed E-state index contributed by atoms with van der Waals surface area (Å²) in [5.74, 6) is -0.184. The van der Waals surface area contributed by atoms with Crippen LogP contribution >= 0.6 is 0 Å². The maximum atomic E-state index is 12.7. The average molecular weight is 415 g/mol. The fourth-order valence-corrected chi connectivity index (χ4v) is 5.44. The first kappa shape index (κ1) is 21.5. The summed E-state index contributed by atoms with van der Waals surface area (Å²) in [4.78, 5) is 12.7. The summed E-state index contributed by atoms with van der Waals surface area (Å²) in [7, 11) is -3.28. The van der Waals surface area contributed by atoms with Crippen LogP contribution in [0.5, 0.6) is 0 Å². The van der Waals surface area contributed by atoms with Crippen molar-refractivity contribution in [3.63, 3.8) is 0 Å². The summed E-state index contributed by atoms with van der Waals surface area (Å²) in [6, 6.07) is 11.0. The number of nitrogens with one attached hydrogen (secondary N) is 1. The van der Waals surface area contributed by atoms with Crippen LogP contribution in [0.15, 0.2) is 36.4 Å². The van der Waals surface area contributed by atoms with E-state index in [2.05, 4.69) is 38.2 Å². The summed E-state index contributed by atoms with van der Waals surface area (Å²) in [6.07, 6.45) is 1.85. The Morgan fingerprint density at radius 3 is 2.21 bits per heavy atom. The molecule has 0 bridgehead atoms. The number of rotatable bonds is 6. The van der Waals surface area contributed by atoms with Crippen LogP contribution in [0.3, 0.4) is 0 Å². The van der Waals surface area contributed by atoms with Crippen LogP contribution in [0, 0.1) is 20.8 Å². The van der Waals surface area contributed by atoms with E-state index in [1.54, 1.807) is 28.6 Å². The first-order chi connectivity index (χ1) is 13.7. The molecule has 5 nitrogen and oxygen atoms in total. The van der Waals surface area contributed by atoms with Crippen molar-refractivity contribution in [1.29, 1.82) is 0 Å². The number of benzene rings is 2. The molecule has 29 heavy (non-hydrogen) atoms. The molecule has 1 unspecified atom stereocenters. The molecule has 1 amide bonds. The molecule has 1 saturated heterocycles. The van der Waals surface area contributed by atoms with Crippen molar-refractivity contribution in [1.82, 2.24) is 9.62 Å². The molecule has 0 aromatic heterocycles. The topological polar surface area (TPSA) is 66.5 Å². The Bertz CT molecular complexity index is 992. The smallest absolute Gasteiger partial charge is 0.251 e. The molecular weight excluding hydrogens is 384 g/mol. The van der Waals surface area contributed by atoms with Crippen molar-refractivity contribution < 1.29 is 13.2 Å². The van der Waals surface area contributed by atoms with Crippen molar-refractivity contribution in [2.24, 2.45) is 0 Å². The van der Waals surface area contributed by atoms with Gasteiger partial charge in [-0.25, -0.2) is 12.7 Å². The third-order valence-corrected chi connectivity index (χ3v) is 7.57. The number of aryl methyl sites for hydroxylation is 3. The summed E-state index contributed by atoms with van der Waals surface area (Å²) in [6.45, 7) is 9.41. The highest BCUT2D eigenvalue weighted by atomic mass is 32.2. The van der Waals surface area contributed by atoms with Crippen molar-refractivity contribution >= 4 is 15.9 Å². The molecular formula is C23H30N2O3S. The van der Waals surface area contributed by atoms with Crippen LogP contribution < -0.4 is 5.32 Å². The zero-order chi connectivity index (χ0) is 21.2. The van der Waals surface area contributed by atoms with Crippen molar-refractivity contribution in [3.05, 3.63) is 69.8 Å².